The van der Waals surface area contributed by atoms with Crippen molar-refractivity contribution in [3.8, 4) is 0 Å². The largest absolute Gasteiger partial charge is 0.336 e. The molecular weight excluding hydrogens is 290 g/mol. The Morgan fingerprint density at radius 1 is 1.09 bits per heavy atom. The maximum Gasteiger partial charge on any atom is 0.274 e. The van der Waals surface area contributed by atoms with Crippen LogP contribution in [0.4, 0.5) is 0 Å². The van der Waals surface area contributed by atoms with Crippen molar-refractivity contribution in [1.29, 1.82) is 0 Å². The van der Waals surface area contributed by atoms with Gasteiger partial charge in [0.15, 0.2) is 0 Å². The second kappa shape index (κ2) is 6.04. The summed E-state index contributed by atoms with van der Waals surface area (Å²) in [5, 5.41) is 6.28. The highest BCUT2D eigenvalue weighted by Crippen LogP contribution is 2.20. The summed E-state index contributed by atoms with van der Waals surface area (Å²) in [6.07, 6.45) is 0. The lowest BCUT2D eigenvalue weighted by Gasteiger charge is -2.18. The fourth-order valence-corrected chi connectivity index (χ4v) is 2.57. The van der Waals surface area contributed by atoms with Crippen LogP contribution in [0.1, 0.15) is 16.1 Å². The van der Waals surface area contributed by atoms with Gasteiger partial charge in [-0.2, -0.15) is 5.10 Å². The molecule has 0 N–H and O–H groups in total. The molecular formula is C18H17N3O2. The lowest BCUT2D eigenvalue weighted by atomic mass is 10.0. The minimum absolute atomic E-state index is 0.214. The molecule has 1 heterocycles. The molecule has 3 rings (SSSR count). The molecule has 0 spiro atoms. The number of rotatable bonds is 3. The molecule has 0 aliphatic rings. The maximum absolute atomic E-state index is 12.5. The predicted octanol–water partition coefficient (Wildman–Crippen LogP) is 2.21. The van der Waals surface area contributed by atoms with Gasteiger partial charge in [0.25, 0.3) is 11.5 Å². The van der Waals surface area contributed by atoms with Crippen LogP contribution in [0.2, 0.25) is 0 Å². The zero-order chi connectivity index (χ0) is 16.4. The fraction of sp³-hybridized carbons (Fsp3) is 0.167. The second-order valence-corrected chi connectivity index (χ2v) is 5.48. The number of aromatic nitrogens is 2. The van der Waals surface area contributed by atoms with Crippen LogP contribution in [0, 0.1) is 0 Å². The standard InChI is InChI=1S/C18H17N3O2/c1-20(18(23)16-10-11-17(22)21(2)19-16)12-14-8-5-7-13-6-3-4-9-15(13)14/h3-11H,12H2,1-2H3. The van der Waals surface area contributed by atoms with Crippen LogP contribution in [-0.2, 0) is 13.6 Å². The van der Waals surface area contributed by atoms with E-state index >= 15 is 0 Å². The highest BCUT2D eigenvalue weighted by molar-refractivity contribution is 5.92. The molecule has 0 saturated heterocycles. The van der Waals surface area contributed by atoms with E-state index in [0.29, 0.717) is 6.54 Å². The number of amides is 1. The normalized spacial score (nSPS) is 10.7. The number of carbonyl (C=O) groups is 1. The Morgan fingerprint density at radius 3 is 2.61 bits per heavy atom. The lowest BCUT2D eigenvalue weighted by Crippen LogP contribution is -2.30. The van der Waals surface area contributed by atoms with E-state index in [1.807, 2.05) is 30.3 Å². The molecule has 3 aromatic rings. The molecule has 0 aliphatic carbocycles. The summed E-state index contributed by atoms with van der Waals surface area (Å²) in [4.78, 5) is 25.5. The van der Waals surface area contributed by atoms with Crippen LogP contribution in [0.3, 0.4) is 0 Å². The number of hydrogen-bond acceptors (Lipinski definition) is 3. The average Bonchev–Trinajstić information content (AvgIpc) is 2.57. The van der Waals surface area contributed by atoms with Gasteiger partial charge in [0, 0.05) is 26.7 Å². The van der Waals surface area contributed by atoms with Gasteiger partial charge in [-0.25, -0.2) is 4.68 Å². The van der Waals surface area contributed by atoms with E-state index in [1.54, 1.807) is 11.9 Å². The highest BCUT2D eigenvalue weighted by Gasteiger charge is 2.15. The van der Waals surface area contributed by atoms with E-state index in [-0.39, 0.29) is 17.2 Å². The van der Waals surface area contributed by atoms with Crippen molar-refractivity contribution in [1.82, 2.24) is 14.7 Å². The maximum atomic E-state index is 12.5. The molecule has 0 saturated carbocycles. The predicted molar refractivity (Wildman–Crippen MR) is 89.2 cm³/mol. The van der Waals surface area contributed by atoms with Crippen LogP contribution < -0.4 is 5.56 Å². The minimum atomic E-state index is -0.238. The van der Waals surface area contributed by atoms with Gasteiger partial charge in [-0.05, 0) is 22.4 Å². The third kappa shape index (κ3) is 2.99. The van der Waals surface area contributed by atoms with Crippen LogP contribution in [0.15, 0.2) is 59.4 Å². The molecule has 2 aromatic carbocycles. The third-order valence-corrected chi connectivity index (χ3v) is 3.81. The molecule has 116 valence electrons. The zero-order valence-electron chi connectivity index (χ0n) is 13.1. The van der Waals surface area contributed by atoms with Crippen molar-refractivity contribution >= 4 is 16.7 Å². The Morgan fingerprint density at radius 2 is 1.83 bits per heavy atom. The lowest BCUT2D eigenvalue weighted by molar-refractivity contribution is 0.0777. The van der Waals surface area contributed by atoms with Crippen molar-refractivity contribution < 1.29 is 4.79 Å². The molecule has 0 bridgehead atoms. The van der Waals surface area contributed by atoms with Crippen LogP contribution in [0.25, 0.3) is 10.8 Å². The first-order chi connectivity index (χ1) is 11.1. The smallest absolute Gasteiger partial charge is 0.274 e. The summed E-state index contributed by atoms with van der Waals surface area (Å²) >= 11 is 0. The van der Waals surface area contributed by atoms with Crippen LogP contribution in [0.5, 0.6) is 0 Å². The molecule has 0 atom stereocenters. The molecule has 23 heavy (non-hydrogen) atoms. The molecule has 0 unspecified atom stereocenters. The summed E-state index contributed by atoms with van der Waals surface area (Å²) in [5.41, 5.74) is 1.09. The van der Waals surface area contributed by atoms with E-state index in [4.69, 9.17) is 0 Å². The van der Waals surface area contributed by atoms with Crippen molar-refractivity contribution in [2.24, 2.45) is 7.05 Å². The van der Waals surface area contributed by atoms with Crippen LogP contribution >= 0.6 is 0 Å². The van der Waals surface area contributed by atoms with Gasteiger partial charge in [-0.15, -0.1) is 0 Å². The van der Waals surface area contributed by atoms with E-state index < -0.39 is 0 Å². The minimum Gasteiger partial charge on any atom is -0.336 e. The molecule has 0 fully saturated rings. The number of hydrogen-bond donors (Lipinski definition) is 0. The highest BCUT2D eigenvalue weighted by atomic mass is 16.2. The first kappa shape index (κ1) is 15.0. The topological polar surface area (TPSA) is 55.2 Å². The van der Waals surface area contributed by atoms with Crippen molar-refractivity contribution in [2.45, 2.75) is 6.54 Å². The van der Waals surface area contributed by atoms with Crippen LogP contribution in [-0.4, -0.2) is 27.6 Å². The van der Waals surface area contributed by atoms with Gasteiger partial charge < -0.3 is 4.90 Å². The van der Waals surface area contributed by atoms with Crippen molar-refractivity contribution in [3.63, 3.8) is 0 Å². The van der Waals surface area contributed by atoms with Gasteiger partial charge in [0.05, 0.1) is 0 Å². The summed E-state index contributed by atoms with van der Waals surface area (Å²) < 4.78 is 1.17. The van der Waals surface area contributed by atoms with E-state index in [0.717, 1.165) is 16.3 Å². The molecule has 1 aromatic heterocycles. The quantitative estimate of drug-likeness (QED) is 0.745. The Hall–Kier alpha value is -2.95. The van der Waals surface area contributed by atoms with Gasteiger partial charge in [0.1, 0.15) is 5.69 Å². The van der Waals surface area contributed by atoms with E-state index in [1.165, 1.54) is 23.9 Å². The van der Waals surface area contributed by atoms with Gasteiger partial charge in [-0.3, -0.25) is 9.59 Å². The summed E-state index contributed by atoms with van der Waals surface area (Å²) in [6.45, 7) is 0.477. The van der Waals surface area contributed by atoms with E-state index in [2.05, 4.69) is 17.2 Å². The Balaban J connectivity index is 1.88. The third-order valence-electron chi connectivity index (χ3n) is 3.81. The van der Waals surface area contributed by atoms with Gasteiger partial charge in [-0.1, -0.05) is 42.5 Å². The molecule has 0 radical (unpaired) electrons. The number of aryl methyl sites for hydroxylation is 1. The Kier molecular flexibility index (Phi) is 3.93. The monoisotopic (exact) mass is 307 g/mol. The number of carbonyl (C=O) groups excluding carboxylic acids is 1. The Labute approximate surface area is 133 Å². The molecule has 5 nitrogen and oxygen atoms in total. The van der Waals surface area contributed by atoms with Gasteiger partial charge in [0.2, 0.25) is 0 Å². The Bertz CT molecular complexity index is 925. The second-order valence-electron chi connectivity index (χ2n) is 5.48. The summed E-state index contributed by atoms with van der Waals surface area (Å²) in [7, 11) is 3.26. The first-order valence-electron chi connectivity index (χ1n) is 7.33. The van der Waals surface area contributed by atoms with Crippen molar-refractivity contribution in [3.05, 3.63) is 76.2 Å². The number of benzene rings is 2. The first-order valence-corrected chi connectivity index (χ1v) is 7.33. The SMILES string of the molecule is CN(Cc1cccc2ccccc12)C(=O)c1ccc(=O)n(C)n1. The molecule has 5 heteroatoms. The molecule has 0 aliphatic heterocycles. The van der Waals surface area contributed by atoms with E-state index in [9.17, 15) is 9.59 Å². The number of nitrogens with zero attached hydrogens (tertiary/aromatic N) is 3. The summed E-state index contributed by atoms with van der Waals surface area (Å²) in [5.74, 6) is -0.214. The fourth-order valence-electron chi connectivity index (χ4n) is 2.57. The average molecular weight is 307 g/mol. The van der Waals surface area contributed by atoms with Crippen molar-refractivity contribution in [2.75, 3.05) is 7.05 Å². The number of fused-ring (bicyclic) bond motifs is 1. The van der Waals surface area contributed by atoms with Gasteiger partial charge >= 0.3 is 0 Å². The summed E-state index contributed by atoms with van der Waals surface area (Å²) in [6, 6.07) is 17.0. The zero-order valence-corrected chi connectivity index (χ0v) is 13.1. The molecule has 1 amide bonds.